The van der Waals surface area contributed by atoms with Gasteiger partial charge >= 0.3 is 0 Å². The summed E-state index contributed by atoms with van der Waals surface area (Å²) in [5.74, 6) is 1.24. The van der Waals surface area contributed by atoms with Crippen molar-refractivity contribution in [3.63, 3.8) is 0 Å². The fourth-order valence-corrected chi connectivity index (χ4v) is 4.17. The van der Waals surface area contributed by atoms with Crippen LogP contribution in [0.1, 0.15) is 5.89 Å². The van der Waals surface area contributed by atoms with Crippen LogP contribution in [-0.2, 0) is 21.3 Å². The Morgan fingerprint density at radius 2 is 2.00 bits per heavy atom. The molecule has 1 saturated heterocycles. The first-order chi connectivity index (χ1) is 13.1. The quantitative estimate of drug-likeness (QED) is 0.680. The van der Waals surface area contributed by atoms with Crippen molar-refractivity contribution in [3.8, 4) is 11.6 Å². The SMILES string of the molecule is O=S(=O)(c1cccc(NCc2nc(-c3ccco3)no2)c1)N1CCOCC1. The molecule has 1 aliphatic heterocycles. The molecule has 1 fully saturated rings. The molecule has 0 saturated carbocycles. The zero-order valence-corrected chi connectivity index (χ0v) is 15.2. The fourth-order valence-electron chi connectivity index (χ4n) is 2.71. The standard InChI is InChI=1S/C17H18N4O5S/c22-27(23,21-6-9-24-10-7-21)14-4-1-3-13(11-14)18-12-16-19-17(20-26-16)15-5-2-8-25-15/h1-5,8,11,18H,6-7,9-10,12H2. The zero-order valence-electron chi connectivity index (χ0n) is 14.4. The summed E-state index contributed by atoms with van der Waals surface area (Å²) >= 11 is 0. The number of aromatic nitrogens is 2. The van der Waals surface area contributed by atoms with E-state index in [4.69, 9.17) is 13.7 Å². The number of nitrogens with one attached hydrogen (secondary N) is 1. The van der Waals surface area contributed by atoms with Gasteiger partial charge in [-0.05, 0) is 30.3 Å². The Labute approximate surface area is 156 Å². The van der Waals surface area contributed by atoms with E-state index < -0.39 is 10.0 Å². The molecule has 0 unspecified atom stereocenters. The van der Waals surface area contributed by atoms with E-state index in [1.54, 1.807) is 36.4 Å². The van der Waals surface area contributed by atoms with Gasteiger partial charge in [-0.15, -0.1) is 0 Å². The van der Waals surface area contributed by atoms with Gasteiger partial charge in [0.2, 0.25) is 21.7 Å². The highest BCUT2D eigenvalue weighted by Gasteiger charge is 2.26. The Hall–Kier alpha value is -2.69. The molecule has 1 aromatic carbocycles. The highest BCUT2D eigenvalue weighted by molar-refractivity contribution is 7.89. The van der Waals surface area contributed by atoms with Crippen LogP contribution >= 0.6 is 0 Å². The average Bonchev–Trinajstić information content (AvgIpc) is 3.39. The predicted octanol–water partition coefficient (Wildman–Crippen LogP) is 1.96. The number of hydrogen-bond donors (Lipinski definition) is 1. The van der Waals surface area contributed by atoms with Gasteiger partial charge in [0.15, 0.2) is 5.76 Å². The Bertz CT molecular complexity index is 994. The van der Waals surface area contributed by atoms with E-state index in [9.17, 15) is 8.42 Å². The van der Waals surface area contributed by atoms with Crippen LogP contribution in [0.2, 0.25) is 0 Å². The third kappa shape index (κ3) is 3.87. The number of morpholine rings is 1. The molecular formula is C17H18N4O5S. The third-order valence-corrected chi connectivity index (χ3v) is 5.99. The molecule has 0 atom stereocenters. The second-order valence-electron chi connectivity index (χ2n) is 5.89. The maximum atomic E-state index is 12.7. The Kier molecular flexibility index (Phi) is 4.92. The first kappa shape index (κ1) is 17.7. The first-order valence-corrected chi connectivity index (χ1v) is 9.85. The number of sulfonamides is 1. The maximum absolute atomic E-state index is 12.7. The van der Waals surface area contributed by atoms with Crippen LogP contribution in [-0.4, -0.2) is 49.2 Å². The molecule has 0 bridgehead atoms. The van der Waals surface area contributed by atoms with Crippen molar-refractivity contribution in [2.75, 3.05) is 31.6 Å². The summed E-state index contributed by atoms with van der Waals surface area (Å²) in [7, 11) is -3.54. The second kappa shape index (κ2) is 7.51. The number of furan rings is 1. The van der Waals surface area contributed by atoms with E-state index in [0.717, 1.165) is 0 Å². The topological polar surface area (TPSA) is 111 Å². The number of benzene rings is 1. The Morgan fingerprint density at radius 3 is 2.78 bits per heavy atom. The lowest BCUT2D eigenvalue weighted by atomic mass is 10.3. The molecule has 1 N–H and O–H groups in total. The highest BCUT2D eigenvalue weighted by Crippen LogP contribution is 2.21. The van der Waals surface area contributed by atoms with Gasteiger partial charge in [0, 0.05) is 18.8 Å². The Morgan fingerprint density at radius 1 is 1.15 bits per heavy atom. The van der Waals surface area contributed by atoms with Crippen molar-refractivity contribution in [2.45, 2.75) is 11.4 Å². The minimum absolute atomic E-state index is 0.233. The number of nitrogens with zero attached hydrogens (tertiary/aromatic N) is 3. The summed E-state index contributed by atoms with van der Waals surface area (Å²) in [4.78, 5) is 4.47. The lowest BCUT2D eigenvalue weighted by molar-refractivity contribution is 0.0730. The van der Waals surface area contributed by atoms with Crippen molar-refractivity contribution in [1.82, 2.24) is 14.4 Å². The molecule has 1 aliphatic rings. The van der Waals surface area contributed by atoms with Crippen LogP contribution in [0.15, 0.2) is 56.5 Å². The van der Waals surface area contributed by atoms with Gasteiger partial charge in [-0.2, -0.15) is 9.29 Å². The van der Waals surface area contributed by atoms with E-state index in [-0.39, 0.29) is 11.4 Å². The molecule has 142 valence electrons. The summed E-state index contributed by atoms with van der Waals surface area (Å²) < 4.78 is 42.5. The first-order valence-electron chi connectivity index (χ1n) is 8.41. The predicted molar refractivity (Wildman–Crippen MR) is 95.3 cm³/mol. The van der Waals surface area contributed by atoms with Gasteiger partial charge < -0.3 is 19.0 Å². The molecule has 0 amide bonds. The van der Waals surface area contributed by atoms with E-state index >= 15 is 0 Å². The van der Waals surface area contributed by atoms with Crippen LogP contribution in [0.4, 0.5) is 5.69 Å². The zero-order chi connectivity index (χ0) is 18.7. The van der Waals surface area contributed by atoms with Crippen LogP contribution in [0, 0.1) is 0 Å². The van der Waals surface area contributed by atoms with Crippen molar-refractivity contribution >= 4 is 15.7 Å². The smallest absolute Gasteiger partial charge is 0.246 e. The molecule has 9 nitrogen and oxygen atoms in total. The van der Waals surface area contributed by atoms with Gasteiger partial charge in [0.1, 0.15) is 0 Å². The van der Waals surface area contributed by atoms with Crippen LogP contribution in [0.5, 0.6) is 0 Å². The molecule has 27 heavy (non-hydrogen) atoms. The molecule has 4 rings (SSSR count). The van der Waals surface area contributed by atoms with Crippen molar-refractivity contribution in [3.05, 3.63) is 48.6 Å². The highest BCUT2D eigenvalue weighted by atomic mass is 32.2. The van der Waals surface area contributed by atoms with Gasteiger partial charge in [-0.1, -0.05) is 11.2 Å². The van der Waals surface area contributed by atoms with Gasteiger partial charge in [-0.3, -0.25) is 0 Å². The summed E-state index contributed by atoms with van der Waals surface area (Å²) in [5, 5.41) is 6.96. The van der Waals surface area contributed by atoms with E-state index in [2.05, 4.69) is 15.5 Å². The Balaban J connectivity index is 1.45. The summed E-state index contributed by atoms with van der Waals surface area (Å²) in [5.41, 5.74) is 0.641. The number of rotatable bonds is 6. The third-order valence-electron chi connectivity index (χ3n) is 4.10. The van der Waals surface area contributed by atoms with Gasteiger partial charge in [0.25, 0.3) is 0 Å². The molecular weight excluding hydrogens is 372 g/mol. The molecule has 0 radical (unpaired) electrons. The number of hydrogen-bond acceptors (Lipinski definition) is 8. The molecule has 0 aliphatic carbocycles. The second-order valence-corrected chi connectivity index (χ2v) is 7.82. The van der Waals surface area contributed by atoms with E-state index in [1.807, 2.05) is 0 Å². The summed E-state index contributed by atoms with van der Waals surface area (Å²) in [6.07, 6.45) is 1.53. The van der Waals surface area contributed by atoms with E-state index in [1.165, 1.54) is 10.6 Å². The molecule has 3 heterocycles. The van der Waals surface area contributed by atoms with Crippen molar-refractivity contribution in [2.24, 2.45) is 0 Å². The lowest BCUT2D eigenvalue weighted by Gasteiger charge is -2.26. The van der Waals surface area contributed by atoms with E-state index in [0.29, 0.717) is 49.5 Å². The molecule has 0 spiro atoms. The maximum Gasteiger partial charge on any atom is 0.246 e. The van der Waals surface area contributed by atoms with Crippen molar-refractivity contribution < 1.29 is 22.1 Å². The number of anilines is 1. The van der Waals surface area contributed by atoms with Gasteiger partial charge in [-0.25, -0.2) is 8.42 Å². The molecule has 3 aromatic rings. The molecule has 10 heteroatoms. The average molecular weight is 390 g/mol. The van der Waals surface area contributed by atoms with Crippen LogP contribution in [0.3, 0.4) is 0 Å². The summed E-state index contributed by atoms with van der Waals surface area (Å²) in [6.45, 7) is 1.79. The van der Waals surface area contributed by atoms with Gasteiger partial charge in [0.05, 0.1) is 30.9 Å². The summed E-state index contributed by atoms with van der Waals surface area (Å²) in [6, 6.07) is 10.1. The van der Waals surface area contributed by atoms with Crippen molar-refractivity contribution in [1.29, 1.82) is 0 Å². The number of ether oxygens (including phenoxy) is 1. The van der Waals surface area contributed by atoms with Crippen LogP contribution in [0.25, 0.3) is 11.6 Å². The van der Waals surface area contributed by atoms with Crippen LogP contribution < -0.4 is 5.32 Å². The minimum Gasteiger partial charge on any atom is -0.461 e. The largest absolute Gasteiger partial charge is 0.461 e. The lowest BCUT2D eigenvalue weighted by Crippen LogP contribution is -2.40. The minimum atomic E-state index is -3.54. The normalized spacial score (nSPS) is 15.7. The molecule has 2 aromatic heterocycles. The fraction of sp³-hybridized carbons (Fsp3) is 0.294. The monoisotopic (exact) mass is 390 g/mol.